The fourth-order valence-corrected chi connectivity index (χ4v) is 0. The molecule has 0 spiro atoms. The molecule has 7 heavy (non-hydrogen) atoms. The summed E-state index contributed by atoms with van der Waals surface area (Å²) in [5.74, 6) is 0. The Morgan fingerprint density at radius 1 is 0.714 bits per heavy atom. The molecule has 0 aromatic rings. The van der Waals surface area contributed by atoms with Crippen molar-refractivity contribution in [2.24, 2.45) is 0 Å². The quantitative estimate of drug-likeness (QED) is 0.390. The van der Waals surface area contributed by atoms with E-state index in [1.807, 2.05) is 0 Å². The van der Waals surface area contributed by atoms with E-state index < -0.39 is 0 Å². The topological polar surface area (TPSA) is 111 Å². The predicted molar refractivity (Wildman–Crippen MR) is 17.2 cm³/mol. The largest absolute Gasteiger partial charge is 2.00 e. The van der Waals surface area contributed by atoms with Gasteiger partial charge in [-0.2, -0.15) is 0 Å². The van der Waals surface area contributed by atoms with Crippen LogP contribution < -0.4 is 0 Å². The smallest absolute Gasteiger partial charge is 0.512 e. The van der Waals surface area contributed by atoms with Crippen LogP contribution in [0.2, 0.25) is 0 Å². The number of rotatable bonds is 0. The second kappa shape index (κ2) is 298. The van der Waals surface area contributed by atoms with Gasteiger partial charge in [-0.15, -0.1) is 0 Å². The van der Waals surface area contributed by atoms with Gasteiger partial charge in [0, 0.05) is 0 Å². The van der Waals surface area contributed by atoms with Crippen molar-refractivity contribution in [3.8, 4) is 0 Å². The Labute approximate surface area is 52.2 Å². The monoisotopic (exact) mass is 147 g/mol. The van der Waals surface area contributed by atoms with Gasteiger partial charge >= 0.3 is 16.8 Å². The summed E-state index contributed by atoms with van der Waals surface area (Å²) >= 11 is 0. The summed E-state index contributed by atoms with van der Waals surface area (Å²) in [6.07, 6.45) is 0. The molecule has 0 aliphatic rings. The van der Waals surface area contributed by atoms with Gasteiger partial charge in [0.05, 0.1) is 0 Å². The van der Waals surface area contributed by atoms with Crippen molar-refractivity contribution in [2.75, 3.05) is 0 Å². The molecule has 43 valence electrons. The molecule has 0 rings (SSSR count). The minimum atomic E-state index is 0. The normalized spacial score (nSPS) is 0.571. The minimum absolute atomic E-state index is 0. The van der Waals surface area contributed by atoms with Crippen LogP contribution in [0, 0.1) is 23.7 Å². The molecule has 0 heterocycles. The first-order chi connectivity index (χ1) is 2.00. The molecular formula is C2H4CoN2O2. The van der Waals surface area contributed by atoms with Crippen molar-refractivity contribution in [3.05, 3.63) is 13.1 Å². The van der Waals surface area contributed by atoms with Crippen molar-refractivity contribution in [1.82, 2.24) is 0 Å². The molecule has 0 saturated carbocycles. The van der Waals surface area contributed by atoms with E-state index >= 15 is 0 Å². The fourth-order valence-electron chi connectivity index (χ4n) is 0. The molecule has 0 amide bonds. The zero-order valence-corrected chi connectivity index (χ0v) is 4.27. The third-order valence-corrected chi connectivity index (χ3v) is 0. The van der Waals surface area contributed by atoms with Gasteiger partial charge in [-0.3, -0.25) is 0 Å². The summed E-state index contributed by atoms with van der Waals surface area (Å²) in [5, 5.41) is 12.5. The van der Waals surface area contributed by atoms with Gasteiger partial charge in [0.25, 0.3) is 0 Å². The van der Waals surface area contributed by atoms with Crippen LogP contribution in [0.5, 0.6) is 0 Å². The van der Waals surface area contributed by atoms with Crippen molar-refractivity contribution in [3.63, 3.8) is 0 Å². The van der Waals surface area contributed by atoms with Gasteiger partial charge in [-0.25, -0.2) is 0 Å². The molecule has 0 saturated heterocycles. The van der Waals surface area contributed by atoms with Crippen molar-refractivity contribution in [2.45, 2.75) is 0 Å². The zero-order valence-electron chi connectivity index (χ0n) is 3.23. The van der Waals surface area contributed by atoms with E-state index in [9.17, 15) is 0 Å². The van der Waals surface area contributed by atoms with Crippen molar-refractivity contribution < 1.29 is 27.7 Å². The van der Waals surface area contributed by atoms with Crippen LogP contribution in [0.1, 0.15) is 0 Å². The summed E-state index contributed by atoms with van der Waals surface area (Å²) in [4.78, 5) is 0. The van der Waals surface area contributed by atoms with E-state index in [2.05, 4.69) is 0 Å². The zero-order chi connectivity index (χ0) is 4.00. The Kier molecular flexibility index (Phi) is 4030. The van der Waals surface area contributed by atoms with Crippen molar-refractivity contribution >= 4 is 0 Å². The van der Waals surface area contributed by atoms with E-state index in [4.69, 9.17) is 23.7 Å². The maximum atomic E-state index is 6.25. The van der Waals surface area contributed by atoms with Gasteiger partial charge in [0.1, 0.15) is 0 Å². The third-order valence-electron chi connectivity index (χ3n) is 0. The first-order valence-electron chi connectivity index (χ1n) is 0.447. The first kappa shape index (κ1) is 94.7. The van der Waals surface area contributed by atoms with Gasteiger partial charge in [-0.05, 0) is 0 Å². The van der Waals surface area contributed by atoms with E-state index in [0.717, 1.165) is 0 Å². The molecule has 1 radical (unpaired) electrons. The Morgan fingerprint density at radius 2 is 0.714 bits per heavy atom. The SMILES string of the molecule is O.O.[C-]#N.[C-]#N.[Co+2]. The Morgan fingerprint density at radius 3 is 0.714 bits per heavy atom. The van der Waals surface area contributed by atoms with Crippen molar-refractivity contribution in [1.29, 1.82) is 10.5 Å². The third kappa shape index (κ3) is 178. The first-order valence-corrected chi connectivity index (χ1v) is 0.447. The van der Waals surface area contributed by atoms with Gasteiger partial charge in [-0.1, -0.05) is 0 Å². The molecule has 5 heteroatoms. The average molecular weight is 147 g/mol. The van der Waals surface area contributed by atoms with Crippen LogP contribution in [0.4, 0.5) is 0 Å². The number of hydrogen-bond acceptors (Lipinski definition) is 2. The Balaban J connectivity index is -0.00000000267. The van der Waals surface area contributed by atoms with E-state index in [1.165, 1.54) is 0 Å². The molecule has 0 fully saturated rings. The van der Waals surface area contributed by atoms with E-state index in [-0.39, 0.29) is 27.7 Å². The molecule has 0 aliphatic heterocycles. The van der Waals surface area contributed by atoms with E-state index in [0.29, 0.717) is 0 Å². The molecule has 0 bridgehead atoms. The maximum Gasteiger partial charge on any atom is 2.00 e. The Bertz CT molecular complexity index is 29.2. The molecule has 0 aromatic carbocycles. The van der Waals surface area contributed by atoms with Crippen LogP contribution in [-0.4, -0.2) is 11.0 Å². The number of nitrogens with zero attached hydrogens (tertiary/aromatic N) is 2. The standard InChI is InChI=1S/2CN.Co.2H2O/c2*1-2;;;/h;;;2*1H2/q2*-1;+2;;. The summed E-state index contributed by atoms with van der Waals surface area (Å²) in [6, 6.07) is 0. The molecule has 4 nitrogen and oxygen atoms in total. The van der Waals surface area contributed by atoms with Crippen LogP contribution >= 0.6 is 0 Å². The van der Waals surface area contributed by atoms with Gasteiger partial charge < -0.3 is 34.6 Å². The second-order valence-electron chi connectivity index (χ2n) is 0. The summed E-state index contributed by atoms with van der Waals surface area (Å²) < 4.78 is 0. The van der Waals surface area contributed by atoms with Crippen LogP contribution in [-0.2, 0) is 16.8 Å². The Hall–Kier alpha value is -0.594. The van der Waals surface area contributed by atoms with Gasteiger partial charge in [0.2, 0.25) is 0 Å². The molecule has 0 unspecified atom stereocenters. The van der Waals surface area contributed by atoms with Crippen LogP contribution in [0.25, 0.3) is 0 Å². The predicted octanol–water partition coefficient (Wildman–Crippen LogP) is -1.46. The molecule has 0 aliphatic carbocycles. The molecule has 0 atom stereocenters. The molecular weight excluding hydrogens is 143 g/mol. The fraction of sp³-hybridized carbons (Fsp3) is 0. The van der Waals surface area contributed by atoms with Crippen LogP contribution in [0.3, 0.4) is 0 Å². The number of hydrogen-bond donors (Lipinski definition) is 0. The van der Waals surface area contributed by atoms with E-state index in [1.54, 1.807) is 0 Å². The van der Waals surface area contributed by atoms with Gasteiger partial charge in [0.15, 0.2) is 0 Å². The van der Waals surface area contributed by atoms with Crippen LogP contribution in [0.15, 0.2) is 0 Å². The summed E-state index contributed by atoms with van der Waals surface area (Å²) in [7, 11) is 0. The molecule has 4 N–H and O–H groups in total. The maximum absolute atomic E-state index is 6.25. The molecule has 0 aromatic heterocycles. The second-order valence-corrected chi connectivity index (χ2v) is 0. The average Bonchev–Trinajstić information content (AvgIpc) is 1.50. The minimum Gasteiger partial charge on any atom is -0.512 e. The summed E-state index contributed by atoms with van der Waals surface area (Å²) in [6.45, 7) is 9.50. The summed E-state index contributed by atoms with van der Waals surface area (Å²) in [5.41, 5.74) is 0.